The molecule has 18 N–H and O–H groups in total. The number of hydrogen-bond acceptors (Lipinski definition) is 16. The van der Waals surface area contributed by atoms with Crippen LogP contribution in [0.2, 0.25) is 0 Å². The first kappa shape index (κ1) is 63.1. The maximum absolute atomic E-state index is 14.2. The molecule has 3 aliphatic rings. The first-order chi connectivity index (χ1) is 34.8. The van der Waals surface area contributed by atoms with Gasteiger partial charge in [-0.2, -0.15) is 0 Å². The molecule has 3 rings (SSSR count). The van der Waals surface area contributed by atoms with Gasteiger partial charge in [-0.05, 0) is 57.8 Å². The van der Waals surface area contributed by atoms with E-state index in [0.29, 0.717) is 6.42 Å². The summed E-state index contributed by atoms with van der Waals surface area (Å²) >= 11 is 0. The van der Waals surface area contributed by atoms with E-state index in [2.05, 4.69) is 46.7 Å². The predicted octanol–water partition coefficient (Wildman–Crippen LogP) is -7.77. The van der Waals surface area contributed by atoms with Crippen molar-refractivity contribution in [1.29, 1.82) is 0 Å². The first-order valence-electron chi connectivity index (χ1n) is 23.5. The number of carbonyl (C=O) groups excluding carboxylic acids is 11. The minimum Gasteiger partial charge on any atom is -0.480 e. The summed E-state index contributed by atoms with van der Waals surface area (Å²) in [5.74, 6) is -13.2. The van der Waals surface area contributed by atoms with Gasteiger partial charge in [-0.1, -0.05) is 13.8 Å². The average Bonchev–Trinajstić information content (AvgIpc) is 4.11. The summed E-state index contributed by atoms with van der Waals surface area (Å²) in [7, 11) is -10.6. The molecule has 3 heterocycles. The van der Waals surface area contributed by atoms with Crippen LogP contribution in [0.25, 0.3) is 0 Å². The minimum absolute atomic E-state index is 0.00765. The molecule has 0 spiro atoms. The van der Waals surface area contributed by atoms with Crippen molar-refractivity contribution in [3.05, 3.63) is 0 Å². The Hall–Kier alpha value is -6.18. The number of nitrogens with one attached hydrogen (secondary N) is 6. The molecule has 3 fully saturated rings. The smallest absolute Gasteiger partial charge is 0.469 e. The number of phosphoric ester groups is 2. The average molecular weight is 1110 g/mol. The summed E-state index contributed by atoms with van der Waals surface area (Å²) in [4.78, 5) is 198. The number of likely N-dealkylation sites (tertiary alicyclic amines) is 3. The van der Waals surface area contributed by atoms with E-state index in [-0.39, 0.29) is 58.2 Å². The Bertz CT molecular complexity index is 2280. The van der Waals surface area contributed by atoms with Crippen LogP contribution in [0, 0.1) is 5.92 Å². The summed E-state index contributed by atoms with van der Waals surface area (Å²) in [6.07, 6.45) is -1.35. The van der Waals surface area contributed by atoms with Gasteiger partial charge < -0.3 is 88.5 Å². The van der Waals surface area contributed by atoms with Crippen LogP contribution in [0.15, 0.2) is 0 Å². The number of quaternary nitrogens is 1. The Kier molecular flexibility index (Phi) is 23.6. The highest BCUT2D eigenvalue weighted by Gasteiger charge is 2.44. The lowest BCUT2D eigenvalue weighted by Crippen LogP contribution is -2.66. The highest BCUT2D eigenvalue weighted by Crippen LogP contribution is 2.37. The maximum atomic E-state index is 14.2. The topological polar surface area (TPSA) is 520 Å². The van der Waals surface area contributed by atoms with Gasteiger partial charge in [0.05, 0.1) is 32.6 Å². The van der Waals surface area contributed by atoms with E-state index in [1.165, 1.54) is 6.92 Å². The van der Waals surface area contributed by atoms with Crippen molar-refractivity contribution < 1.29 is 106 Å². The van der Waals surface area contributed by atoms with Gasteiger partial charge in [0, 0.05) is 19.6 Å². The molecule has 3 saturated heterocycles. The van der Waals surface area contributed by atoms with Gasteiger partial charge in [0.2, 0.25) is 59.1 Å². The molecule has 35 heteroatoms. The molecule has 422 valence electrons. The van der Waals surface area contributed by atoms with E-state index < -0.39 is 179 Å². The van der Waals surface area contributed by atoms with E-state index in [0.717, 1.165) is 14.7 Å². The van der Waals surface area contributed by atoms with Crippen molar-refractivity contribution in [1.82, 2.24) is 46.6 Å². The van der Waals surface area contributed by atoms with Gasteiger partial charge in [-0.25, -0.2) is 13.9 Å². The van der Waals surface area contributed by atoms with Gasteiger partial charge in [0.15, 0.2) is 6.04 Å². The molecule has 0 bridgehead atoms. The van der Waals surface area contributed by atoms with E-state index in [1.54, 1.807) is 13.8 Å². The van der Waals surface area contributed by atoms with Crippen molar-refractivity contribution in [3.8, 4) is 0 Å². The van der Waals surface area contributed by atoms with Crippen LogP contribution < -0.4 is 49.1 Å². The fourth-order valence-electron chi connectivity index (χ4n) is 8.37. The SMILES string of the molecule is CC(C)C[C@H](NC(=O)[C@H](CC(N)=O)NC(=O)[C@@H]1CCCN1C(=O)[C@H](COP(=O)(O)O)NC(=O)CNC(=O)[C@H](C)[NH3+])C(=O)N[C@@H](COP(=O)(O)O)C(=O)N1CCC[C@H]1C(=O)N[C@@H](CC(N)=O)C(=O)N1CCC[C@H]1C(=O)O. The molecule has 75 heavy (non-hydrogen) atoms. The van der Waals surface area contributed by atoms with Gasteiger partial charge in [-0.3, -0.25) is 61.8 Å². The lowest BCUT2D eigenvalue weighted by atomic mass is 10.0. The highest BCUT2D eigenvalue weighted by atomic mass is 31.2. The molecule has 0 aromatic carbocycles. The summed E-state index contributed by atoms with van der Waals surface area (Å²) in [6.45, 7) is 1.26. The summed E-state index contributed by atoms with van der Waals surface area (Å²) in [6, 6.07) is -13.9. The molecule has 11 amide bonds. The highest BCUT2D eigenvalue weighted by molar-refractivity contribution is 7.46. The number of primary amides is 2. The zero-order chi connectivity index (χ0) is 56.7. The second-order valence-corrected chi connectivity index (χ2v) is 20.9. The number of carboxylic acid groups (broad SMARTS) is 1. The van der Waals surface area contributed by atoms with Crippen LogP contribution >= 0.6 is 15.6 Å². The molecule has 0 aliphatic carbocycles. The van der Waals surface area contributed by atoms with Crippen molar-refractivity contribution in [2.75, 3.05) is 39.4 Å². The lowest BCUT2D eigenvalue weighted by molar-refractivity contribution is -0.398. The maximum Gasteiger partial charge on any atom is 0.469 e. The third-order valence-electron chi connectivity index (χ3n) is 11.8. The lowest BCUT2D eigenvalue weighted by Gasteiger charge is -2.32. The van der Waals surface area contributed by atoms with Crippen LogP contribution in [0.3, 0.4) is 0 Å². The number of carboxylic acids is 1. The number of hydrogen-bond donors (Lipinski definition) is 14. The van der Waals surface area contributed by atoms with Crippen molar-refractivity contribution in [2.24, 2.45) is 17.4 Å². The second kappa shape index (κ2) is 28.1. The van der Waals surface area contributed by atoms with Crippen LogP contribution in [0.5, 0.6) is 0 Å². The number of phosphoric acid groups is 2. The van der Waals surface area contributed by atoms with Crippen molar-refractivity contribution >= 4 is 86.6 Å². The molecular weight excluding hydrogens is 1050 g/mol. The minimum atomic E-state index is -5.38. The molecule has 9 atom stereocenters. The number of nitrogens with zero attached hydrogens (tertiary/aromatic N) is 3. The van der Waals surface area contributed by atoms with Gasteiger partial charge in [-0.15, -0.1) is 0 Å². The molecule has 0 aromatic rings. The number of rotatable bonds is 28. The van der Waals surface area contributed by atoms with E-state index >= 15 is 0 Å². The van der Waals surface area contributed by atoms with Gasteiger partial charge in [0.25, 0.3) is 5.91 Å². The Labute approximate surface area is 428 Å². The van der Waals surface area contributed by atoms with Crippen molar-refractivity contribution in [3.63, 3.8) is 0 Å². The predicted molar refractivity (Wildman–Crippen MR) is 250 cm³/mol. The summed E-state index contributed by atoms with van der Waals surface area (Å²) < 4.78 is 32.5. The quantitative estimate of drug-likeness (QED) is 0.0324. The Morgan fingerprint density at radius 1 is 0.573 bits per heavy atom. The number of aliphatic carboxylic acids is 1. The van der Waals surface area contributed by atoms with E-state index in [4.69, 9.17) is 11.5 Å². The first-order valence-corrected chi connectivity index (χ1v) is 26.6. The third-order valence-corrected chi connectivity index (χ3v) is 12.8. The van der Waals surface area contributed by atoms with E-state index in [9.17, 15) is 91.3 Å². The second-order valence-electron chi connectivity index (χ2n) is 18.4. The van der Waals surface area contributed by atoms with Crippen LogP contribution in [-0.4, -0.2) is 204 Å². The molecule has 0 unspecified atom stereocenters. The molecule has 33 nitrogen and oxygen atoms in total. The number of carbonyl (C=O) groups is 12. The molecule has 0 radical (unpaired) electrons. The Balaban J connectivity index is 1.85. The normalized spacial score (nSPS) is 20.2. The zero-order valence-corrected chi connectivity index (χ0v) is 43.0. The van der Waals surface area contributed by atoms with E-state index in [1.807, 2.05) is 0 Å². The standard InChI is InChI=1S/C40H66N12O21P2/c1-19(2)13-21(46-34(58)22(14-29(42)53)47-35(59)26-7-4-10-50(26)38(62)24(17-72-74(66,67)68)45-31(55)16-44-32(56)20(3)41)33(57)49-25(18-73-75(69,70)71)39(63)51-11-5-8-27(51)36(60)48-23(15-30(43)54)37(61)52-12-6-9-28(52)40(64)65/h19-28H,4-18,41H2,1-3H3,(H2,42,53)(H2,43,54)(H,44,56)(H,45,55)(H,46,58)(H,47,59)(H,48,60)(H,49,57)(H,64,65)(H2,66,67,68)(H2,69,70,71)/p+1/t20-,21-,22-,23-,24-,25-,26-,27-,28-/m0/s1. The molecule has 3 aliphatic heterocycles. The number of nitrogens with two attached hydrogens (primary N) is 2. The van der Waals surface area contributed by atoms with Crippen molar-refractivity contribution in [2.45, 2.75) is 133 Å². The Morgan fingerprint density at radius 3 is 1.39 bits per heavy atom. The number of amides is 11. The zero-order valence-electron chi connectivity index (χ0n) is 41.2. The molecular formula is C40H67N12O21P2+. The third kappa shape index (κ3) is 20.1. The van der Waals surface area contributed by atoms with Crippen LogP contribution in [-0.2, 0) is 75.7 Å². The van der Waals surface area contributed by atoms with Gasteiger partial charge >= 0.3 is 21.6 Å². The fraction of sp³-hybridized carbons (Fsp3) is 0.700. The van der Waals surface area contributed by atoms with Gasteiger partial charge in [0.1, 0.15) is 48.3 Å². The van der Waals surface area contributed by atoms with Crippen LogP contribution in [0.4, 0.5) is 0 Å². The Morgan fingerprint density at radius 2 is 0.960 bits per heavy atom. The molecule has 0 aromatic heterocycles. The summed E-state index contributed by atoms with van der Waals surface area (Å²) in [5, 5.41) is 23.3. The summed E-state index contributed by atoms with van der Waals surface area (Å²) in [5.41, 5.74) is 14.3. The largest absolute Gasteiger partial charge is 0.480 e. The molecule has 0 saturated carbocycles. The fourth-order valence-corrected chi connectivity index (χ4v) is 9.06. The monoisotopic (exact) mass is 1110 g/mol. The van der Waals surface area contributed by atoms with Crippen LogP contribution in [0.1, 0.15) is 78.6 Å².